The van der Waals surface area contributed by atoms with Gasteiger partial charge in [0.25, 0.3) is 5.22 Å². The zero-order valence-corrected chi connectivity index (χ0v) is 15.1. The highest BCUT2D eigenvalue weighted by molar-refractivity contribution is 7.99. The molecule has 0 bridgehead atoms. The summed E-state index contributed by atoms with van der Waals surface area (Å²) in [4.78, 5) is 12.0. The average Bonchev–Trinajstić information content (AvgIpc) is 3.05. The Morgan fingerprint density at radius 2 is 1.96 bits per heavy atom. The molecule has 0 aliphatic heterocycles. The van der Waals surface area contributed by atoms with E-state index in [1.165, 1.54) is 24.6 Å². The molecular weight excluding hydrogens is 346 g/mol. The molecule has 1 amide bonds. The lowest BCUT2D eigenvalue weighted by Crippen LogP contribution is -2.38. The van der Waals surface area contributed by atoms with Crippen molar-refractivity contribution in [3.8, 4) is 11.5 Å². The third-order valence-electron chi connectivity index (χ3n) is 4.21. The number of hydrogen-bond acceptors (Lipinski definition) is 5. The van der Waals surface area contributed by atoms with Gasteiger partial charge in [0.1, 0.15) is 0 Å². The van der Waals surface area contributed by atoms with E-state index in [1.54, 1.807) is 12.1 Å². The Morgan fingerprint density at radius 3 is 2.67 bits per heavy atom. The number of nitrogens with zero attached hydrogens (tertiary/aromatic N) is 2. The second-order valence-corrected chi connectivity index (χ2v) is 7.56. The van der Waals surface area contributed by atoms with Crippen LogP contribution in [0.25, 0.3) is 11.5 Å². The van der Waals surface area contributed by atoms with E-state index in [4.69, 9.17) is 16.0 Å². The molecule has 1 N–H and O–H groups in total. The van der Waals surface area contributed by atoms with E-state index in [0.717, 1.165) is 24.3 Å². The molecule has 1 aliphatic carbocycles. The lowest BCUT2D eigenvalue weighted by molar-refractivity contribution is -0.119. The number of halogens is 1. The number of hydrogen-bond donors (Lipinski definition) is 1. The van der Waals surface area contributed by atoms with Crippen molar-refractivity contribution in [3.63, 3.8) is 0 Å². The molecule has 1 saturated carbocycles. The van der Waals surface area contributed by atoms with Gasteiger partial charge < -0.3 is 9.73 Å². The summed E-state index contributed by atoms with van der Waals surface area (Å²) < 4.78 is 5.58. The topological polar surface area (TPSA) is 68.0 Å². The van der Waals surface area contributed by atoms with Crippen LogP contribution in [0.5, 0.6) is 0 Å². The van der Waals surface area contributed by atoms with Gasteiger partial charge in [-0.25, -0.2) is 0 Å². The van der Waals surface area contributed by atoms with Gasteiger partial charge in [0.15, 0.2) is 0 Å². The highest BCUT2D eigenvalue weighted by Gasteiger charge is 2.20. The van der Waals surface area contributed by atoms with Gasteiger partial charge in [-0.1, -0.05) is 30.3 Å². The third-order valence-corrected chi connectivity index (χ3v) is 5.28. The van der Waals surface area contributed by atoms with Gasteiger partial charge in [0.2, 0.25) is 11.8 Å². The molecule has 24 heavy (non-hydrogen) atoms. The number of benzene rings is 1. The molecule has 0 radical (unpaired) electrons. The van der Waals surface area contributed by atoms with Gasteiger partial charge in [-0.3, -0.25) is 4.79 Å². The number of aromatic nitrogens is 2. The van der Waals surface area contributed by atoms with E-state index >= 15 is 0 Å². The maximum Gasteiger partial charge on any atom is 0.277 e. The Kier molecular flexibility index (Phi) is 5.79. The summed E-state index contributed by atoms with van der Waals surface area (Å²) in [7, 11) is 0. The number of carbonyl (C=O) groups is 1. The zero-order chi connectivity index (χ0) is 16.9. The van der Waals surface area contributed by atoms with Gasteiger partial charge in [-0.15, -0.1) is 10.2 Å². The summed E-state index contributed by atoms with van der Waals surface area (Å²) in [6, 6.07) is 7.49. The molecule has 1 aromatic carbocycles. The monoisotopic (exact) mass is 365 g/mol. The molecule has 3 rings (SSSR count). The molecule has 7 heteroatoms. The number of nitrogens with one attached hydrogen (secondary N) is 1. The first-order valence-corrected chi connectivity index (χ1v) is 9.48. The van der Waals surface area contributed by atoms with Crippen LogP contribution in [0.4, 0.5) is 0 Å². The fourth-order valence-electron chi connectivity index (χ4n) is 2.78. The normalized spacial score (nSPS) is 20.8. The highest BCUT2D eigenvalue weighted by atomic mass is 35.5. The van der Waals surface area contributed by atoms with Gasteiger partial charge >= 0.3 is 0 Å². The predicted octanol–water partition coefficient (Wildman–Crippen LogP) is 4.18. The minimum absolute atomic E-state index is 0.0193. The van der Waals surface area contributed by atoms with Crippen molar-refractivity contribution in [1.82, 2.24) is 15.5 Å². The van der Waals surface area contributed by atoms with Crippen molar-refractivity contribution in [2.75, 3.05) is 5.75 Å². The minimum Gasteiger partial charge on any atom is -0.411 e. The molecule has 0 unspecified atom stereocenters. The third kappa shape index (κ3) is 4.74. The Bertz CT molecular complexity index is 681. The zero-order valence-electron chi connectivity index (χ0n) is 13.5. The highest BCUT2D eigenvalue weighted by Crippen LogP contribution is 2.25. The van der Waals surface area contributed by atoms with Crippen molar-refractivity contribution in [3.05, 3.63) is 29.3 Å². The Labute approximate surface area is 150 Å². The summed E-state index contributed by atoms with van der Waals surface area (Å²) in [5, 5.41) is 12.1. The van der Waals surface area contributed by atoms with Gasteiger partial charge in [0.05, 0.1) is 5.75 Å². The lowest BCUT2D eigenvalue weighted by Gasteiger charge is -2.26. The summed E-state index contributed by atoms with van der Waals surface area (Å²) in [5.41, 5.74) is 0.805. The summed E-state index contributed by atoms with van der Waals surface area (Å²) in [5.74, 6) is 1.51. The van der Waals surface area contributed by atoms with Crippen LogP contribution >= 0.6 is 23.4 Å². The molecule has 0 saturated heterocycles. The number of amides is 1. The molecular formula is C17H20ClN3O2S. The predicted molar refractivity (Wildman–Crippen MR) is 95.0 cm³/mol. The van der Waals surface area contributed by atoms with Crippen LogP contribution in [0.15, 0.2) is 33.9 Å². The van der Waals surface area contributed by atoms with Gasteiger partial charge in [-0.05, 0) is 55.9 Å². The Hall–Kier alpha value is -1.53. The SMILES string of the molecule is CC1CCC(NC(=O)CSc2nnc(-c3ccc(Cl)cc3)o2)CC1. The van der Waals surface area contributed by atoms with Crippen LogP contribution in [0.1, 0.15) is 32.6 Å². The van der Waals surface area contributed by atoms with E-state index in [-0.39, 0.29) is 11.7 Å². The molecule has 128 valence electrons. The summed E-state index contributed by atoms with van der Waals surface area (Å²) in [6.45, 7) is 2.27. The van der Waals surface area contributed by atoms with Crippen LogP contribution in [-0.4, -0.2) is 27.9 Å². The Balaban J connectivity index is 1.48. The standard InChI is InChI=1S/C17H20ClN3O2S/c1-11-2-8-14(9-3-11)19-15(22)10-24-17-21-20-16(23-17)12-4-6-13(18)7-5-12/h4-7,11,14H,2-3,8-10H2,1H3,(H,19,22). The second kappa shape index (κ2) is 8.03. The maximum absolute atomic E-state index is 12.0. The van der Waals surface area contributed by atoms with Crippen molar-refractivity contribution in [2.45, 2.75) is 43.9 Å². The van der Waals surface area contributed by atoms with Crippen molar-refractivity contribution >= 4 is 29.3 Å². The van der Waals surface area contributed by atoms with E-state index < -0.39 is 0 Å². The summed E-state index contributed by atoms with van der Waals surface area (Å²) >= 11 is 7.12. The summed E-state index contributed by atoms with van der Waals surface area (Å²) in [6.07, 6.45) is 4.51. The molecule has 5 nitrogen and oxygen atoms in total. The lowest BCUT2D eigenvalue weighted by atomic mass is 9.87. The van der Waals surface area contributed by atoms with Crippen molar-refractivity contribution < 1.29 is 9.21 Å². The van der Waals surface area contributed by atoms with Gasteiger partial charge in [-0.2, -0.15) is 0 Å². The average molecular weight is 366 g/mol. The van der Waals surface area contributed by atoms with Crippen LogP contribution in [-0.2, 0) is 4.79 Å². The molecule has 0 atom stereocenters. The molecule has 1 fully saturated rings. The first-order valence-electron chi connectivity index (χ1n) is 8.12. The van der Waals surface area contributed by atoms with E-state index in [1.807, 2.05) is 12.1 Å². The second-order valence-electron chi connectivity index (χ2n) is 6.19. The Morgan fingerprint density at radius 1 is 1.25 bits per heavy atom. The van der Waals surface area contributed by atoms with Gasteiger partial charge in [0, 0.05) is 16.6 Å². The quantitative estimate of drug-likeness (QED) is 0.805. The molecule has 0 spiro atoms. The van der Waals surface area contributed by atoms with Crippen molar-refractivity contribution in [1.29, 1.82) is 0 Å². The smallest absolute Gasteiger partial charge is 0.277 e. The number of carbonyl (C=O) groups excluding carboxylic acids is 1. The minimum atomic E-state index is 0.0193. The van der Waals surface area contributed by atoms with Crippen molar-refractivity contribution in [2.24, 2.45) is 5.92 Å². The molecule has 2 aromatic rings. The largest absolute Gasteiger partial charge is 0.411 e. The van der Waals surface area contributed by atoms with E-state index in [0.29, 0.717) is 22.2 Å². The number of rotatable bonds is 5. The van der Waals surface area contributed by atoms with E-state index in [9.17, 15) is 4.79 Å². The molecule has 1 heterocycles. The van der Waals surface area contributed by atoms with Crippen LogP contribution < -0.4 is 5.32 Å². The number of thioether (sulfide) groups is 1. The van der Waals surface area contributed by atoms with Crippen LogP contribution in [0.3, 0.4) is 0 Å². The van der Waals surface area contributed by atoms with E-state index in [2.05, 4.69) is 22.4 Å². The first-order chi connectivity index (χ1) is 11.6. The molecule has 1 aromatic heterocycles. The van der Waals surface area contributed by atoms with Crippen LogP contribution in [0, 0.1) is 5.92 Å². The van der Waals surface area contributed by atoms with Crippen LogP contribution in [0.2, 0.25) is 5.02 Å². The first kappa shape index (κ1) is 17.3. The maximum atomic E-state index is 12.0. The fraction of sp³-hybridized carbons (Fsp3) is 0.471. The molecule has 1 aliphatic rings. The fourth-order valence-corrected chi connectivity index (χ4v) is 3.48.